The van der Waals surface area contributed by atoms with Crippen molar-refractivity contribution in [1.82, 2.24) is 14.9 Å². The quantitative estimate of drug-likeness (QED) is 0.621. The molecule has 2 N–H and O–H groups in total. The Balaban J connectivity index is 1.61. The van der Waals surface area contributed by atoms with Gasteiger partial charge in [-0.3, -0.25) is 9.69 Å². The number of aliphatic hydroxyl groups is 1. The molecule has 1 aromatic carbocycles. The lowest BCUT2D eigenvalue weighted by Crippen LogP contribution is -2.34. The molecule has 27 heavy (non-hydrogen) atoms. The van der Waals surface area contributed by atoms with Crippen LogP contribution in [0.5, 0.6) is 0 Å². The van der Waals surface area contributed by atoms with E-state index in [0.717, 1.165) is 41.6 Å². The summed E-state index contributed by atoms with van der Waals surface area (Å²) in [5, 5.41) is 12.9. The summed E-state index contributed by atoms with van der Waals surface area (Å²) < 4.78 is 0. The number of aliphatic hydroxyl groups excluding tert-OH is 1. The summed E-state index contributed by atoms with van der Waals surface area (Å²) in [6.07, 6.45) is 3.76. The third-order valence-electron chi connectivity index (χ3n) is 5.06. The average Bonchev–Trinajstić information content (AvgIpc) is 3.41. The molecule has 6 heteroatoms. The van der Waals surface area contributed by atoms with Gasteiger partial charge in [-0.05, 0) is 24.8 Å². The van der Waals surface area contributed by atoms with Crippen molar-refractivity contribution in [3.63, 3.8) is 0 Å². The number of nitrogens with zero attached hydrogens (tertiary/aromatic N) is 2. The van der Waals surface area contributed by atoms with E-state index in [1.54, 1.807) is 0 Å². The molecule has 0 bridgehead atoms. The second-order valence-corrected chi connectivity index (χ2v) is 8.17. The van der Waals surface area contributed by atoms with Crippen molar-refractivity contribution in [2.75, 3.05) is 6.54 Å². The van der Waals surface area contributed by atoms with Crippen LogP contribution in [-0.4, -0.2) is 38.7 Å². The fraction of sp³-hybridized carbons (Fsp3) is 0.429. The number of benzene rings is 1. The summed E-state index contributed by atoms with van der Waals surface area (Å²) in [7, 11) is 0. The van der Waals surface area contributed by atoms with E-state index in [1.807, 2.05) is 35.7 Å². The van der Waals surface area contributed by atoms with Gasteiger partial charge in [-0.15, -0.1) is 11.3 Å². The number of rotatable bonds is 8. The topological polar surface area (TPSA) is 69.2 Å². The number of thiophene rings is 1. The molecular weight excluding hydrogens is 358 g/mol. The highest BCUT2D eigenvalue weighted by Gasteiger charge is 2.30. The fourth-order valence-electron chi connectivity index (χ4n) is 3.57. The summed E-state index contributed by atoms with van der Waals surface area (Å²) in [5.41, 5.74) is 1.89. The summed E-state index contributed by atoms with van der Waals surface area (Å²) in [6, 6.07) is 10.4. The zero-order valence-electron chi connectivity index (χ0n) is 15.5. The largest absolute Gasteiger partial charge is 0.392 e. The summed E-state index contributed by atoms with van der Waals surface area (Å²) in [6.45, 7) is 3.30. The van der Waals surface area contributed by atoms with Crippen molar-refractivity contribution in [3.8, 4) is 11.1 Å². The minimum Gasteiger partial charge on any atom is -0.392 e. The van der Waals surface area contributed by atoms with E-state index in [1.165, 1.54) is 11.3 Å². The number of fused-ring (bicyclic) bond motifs is 1. The summed E-state index contributed by atoms with van der Waals surface area (Å²) in [4.78, 5) is 23.5. The minimum atomic E-state index is -0.322. The van der Waals surface area contributed by atoms with Crippen LogP contribution >= 0.6 is 11.3 Å². The van der Waals surface area contributed by atoms with Gasteiger partial charge in [0.15, 0.2) is 0 Å². The standard InChI is InChI=1S/C21H25N3O2S/c1-2-6-16(25)11-24(15-9-10-15)12-18-22-20(26)19-17(13-27-21(19)23-18)14-7-4-3-5-8-14/h3-5,7-8,13,15-16,25H,2,6,9-12H2,1H3,(H,22,23,26). The van der Waals surface area contributed by atoms with Gasteiger partial charge in [-0.1, -0.05) is 43.7 Å². The fourth-order valence-corrected chi connectivity index (χ4v) is 4.54. The zero-order chi connectivity index (χ0) is 18.8. The molecule has 0 saturated heterocycles. The Morgan fingerprint density at radius 2 is 2.11 bits per heavy atom. The SMILES string of the molecule is CCCC(O)CN(Cc1nc2scc(-c3ccccc3)c2c(=O)[nH]1)C1CC1. The van der Waals surface area contributed by atoms with Gasteiger partial charge in [0.05, 0.1) is 18.0 Å². The molecule has 1 aliphatic rings. The predicted molar refractivity (Wildman–Crippen MR) is 110 cm³/mol. The maximum absolute atomic E-state index is 12.8. The third kappa shape index (κ3) is 4.13. The van der Waals surface area contributed by atoms with Gasteiger partial charge in [0.2, 0.25) is 0 Å². The Hall–Kier alpha value is -2.02. The second-order valence-electron chi connectivity index (χ2n) is 7.31. The molecular formula is C21H25N3O2S. The lowest BCUT2D eigenvalue weighted by molar-refractivity contribution is 0.0953. The first-order valence-corrected chi connectivity index (χ1v) is 10.5. The van der Waals surface area contributed by atoms with Gasteiger partial charge in [0.1, 0.15) is 10.7 Å². The highest BCUT2D eigenvalue weighted by molar-refractivity contribution is 7.17. The highest BCUT2D eigenvalue weighted by Crippen LogP contribution is 2.31. The van der Waals surface area contributed by atoms with Gasteiger partial charge in [-0.25, -0.2) is 4.98 Å². The maximum atomic E-state index is 12.8. The van der Waals surface area contributed by atoms with Gasteiger partial charge in [0, 0.05) is 23.5 Å². The van der Waals surface area contributed by atoms with Crippen molar-refractivity contribution in [1.29, 1.82) is 0 Å². The molecule has 1 aliphatic carbocycles. The van der Waals surface area contributed by atoms with E-state index in [-0.39, 0.29) is 11.7 Å². The number of aromatic amines is 1. The number of hydrogen-bond acceptors (Lipinski definition) is 5. The van der Waals surface area contributed by atoms with E-state index >= 15 is 0 Å². The van der Waals surface area contributed by atoms with Crippen molar-refractivity contribution in [3.05, 3.63) is 51.9 Å². The molecule has 1 atom stereocenters. The summed E-state index contributed by atoms with van der Waals surface area (Å²) in [5.74, 6) is 0.685. The van der Waals surface area contributed by atoms with Crippen molar-refractivity contribution in [2.24, 2.45) is 0 Å². The first-order chi connectivity index (χ1) is 13.2. The Kier molecular flexibility index (Phi) is 5.38. The van der Waals surface area contributed by atoms with Gasteiger partial charge >= 0.3 is 0 Å². The van der Waals surface area contributed by atoms with Crippen LogP contribution in [0.4, 0.5) is 0 Å². The van der Waals surface area contributed by atoms with Crippen LogP contribution in [0.3, 0.4) is 0 Å². The van der Waals surface area contributed by atoms with Crippen LogP contribution in [0.15, 0.2) is 40.5 Å². The van der Waals surface area contributed by atoms with Crippen molar-refractivity contribution >= 4 is 21.6 Å². The summed E-state index contributed by atoms with van der Waals surface area (Å²) >= 11 is 1.51. The van der Waals surface area contributed by atoms with Crippen LogP contribution < -0.4 is 5.56 Å². The van der Waals surface area contributed by atoms with E-state index in [9.17, 15) is 9.90 Å². The molecule has 1 fully saturated rings. The van der Waals surface area contributed by atoms with Crippen LogP contribution in [-0.2, 0) is 6.54 Å². The molecule has 4 rings (SSSR count). The molecule has 0 amide bonds. The second kappa shape index (κ2) is 7.92. The Morgan fingerprint density at radius 3 is 2.81 bits per heavy atom. The van der Waals surface area contributed by atoms with Gasteiger partial charge in [-0.2, -0.15) is 0 Å². The van der Waals surface area contributed by atoms with Crippen molar-refractivity contribution in [2.45, 2.75) is 51.3 Å². The highest BCUT2D eigenvalue weighted by atomic mass is 32.1. The lowest BCUT2D eigenvalue weighted by Gasteiger charge is -2.24. The van der Waals surface area contributed by atoms with Gasteiger partial charge in [0.25, 0.3) is 5.56 Å². The smallest absolute Gasteiger partial charge is 0.260 e. The average molecular weight is 384 g/mol. The van der Waals surface area contributed by atoms with E-state index in [0.29, 0.717) is 30.3 Å². The molecule has 3 aromatic rings. The van der Waals surface area contributed by atoms with Crippen LogP contribution in [0.2, 0.25) is 0 Å². The van der Waals surface area contributed by atoms with Gasteiger partial charge < -0.3 is 10.1 Å². The monoisotopic (exact) mass is 383 g/mol. The third-order valence-corrected chi connectivity index (χ3v) is 5.93. The van der Waals surface area contributed by atoms with E-state index < -0.39 is 0 Å². The minimum absolute atomic E-state index is 0.0834. The molecule has 1 unspecified atom stereocenters. The first-order valence-electron chi connectivity index (χ1n) is 9.63. The van der Waals surface area contributed by atoms with Crippen LogP contribution in [0, 0.1) is 0 Å². The molecule has 0 radical (unpaired) electrons. The van der Waals surface area contributed by atoms with E-state index in [2.05, 4.69) is 16.8 Å². The number of nitrogens with one attached hydrogen (secondary N) is 1. The normalized spacial score (nSPS) is 15.5. The predicted octanol–water partition coefficient (Wildman–Crippen LogP) is 3.78. The first kappa shape index (κ1) is 18.3. The Labute approximate surface area is 162 Å². The number of aromatic nitrogens is 2. The lowest BCUT2D eigenvalue weighted by atomic mass is 10.1. The number of hydrogen-bond donors (Lipinski definition) is 2. The molecule has 2 aromatic heterocycles. The number of H-pyrrole nitrogens is 1. The molecule has 2 heterocycles. The molecule has 1 saturated carbocycles. The van der Waals surface area contributed by atoms with Crippen LogP contribution in [0.1, 0.15) is 38.4 Å². The maximum Gasteiger partial charge on any atom is 0.260 e. The Morgan fingerprint density at radius 1 is 1.33 bits per heavy atom. The zero-order valence-corrected chi connectivity index (χ0v) is 16.3. The molecule has 0 spiro atoms. The Bertz CT molecular complexity index is 962. The van der Waals surface area contributed by atoms with Crippen LogP contribution in [0.25, 0.3) is 21.3 Å². The molecule has 142 valence electrons. The molecule has 0 aliphatic heterocycles. The van der Waals surface area contributed by atoms with E-state index in [4.69, 9.17) is 4.98 Å². The van der Waals surface area contributed by atoms with Crippen molar-refractivity contribution < 1.29 is 5.11 Å². The molecule has 5 nitrogen and oxygen atoms in total.